The highest BCUT2D eigenvalue weighted by Gasteiger charge is 2.16. The van der Waals surface area contributed by atoms with Gasteiger partial charge in [-0.2, -0.15) is 0 Å². The van der Waals surface area contributed by atoms with Crippen LogP contribution in [0.4, 0.5) is 10.1 Å². The molecule has 5 nitrogen and oxygen atoms in total. The fourth-order valence-corrected chi connectivity index (χ4v) is 2.75. The molecule has 0 spiro atoms. The third-order valence-electron chi connectivity index (χ3n) is 4.15. The van der Waals surface area contributed by atoms with Gasteiger partial charge in [-0.3, -0.25) is 9.59 Å². The van der Waals surface area contributed by atoms with Crippen molar-refractivity contribution in [2.24, 2.45) is 0 Å². The van der Waals surface area contributed by atoms with Crippen molar-refractivity contribution in [3.8, 4) is 11.5 Å². The lowest BCUT2D eigenvalue weighted by atomic mass is 10.1. The zero-order chi connectivity index (χ0) is 20.6. The molecule has 0 bridgehead atoms. The van der Waals surface area contributed by atoms with Gasteiger partial charge in [0.25, 0.3) is 0 Å². The third-order valence-corrected chi connectivity index (χ3v) is 4.15. The summed E-state index contributed by atoms with van der Waals surface area (Å²) >= 11 is 0. The fourth-order valence-electron chi connectivity index (χ4n) is 2.75. The van der Waals surface area contributed by atoms with Crippen molar-refractivity contribution < 1.29 is 18.7 Å². The van der Waals surface area contributed by atoms with Gasteiger partial charge in [0, 0.05) is 12.6 Å². The van der Waals surface area contributed by atoms with Crippen LogP contribution in [0.3, 0.4) is 0 Å². The second kappa shape index (κ2) is 9.50. The molecule has 0 atom stereocenters. The quantitative estimate of drug-likeness (QED) is 0.617. The number of para-hydroxylation sites is 1. The highest BCUT2D eigenvalue weighted by atomic mass is 19.1. The molecule has 0 saturated heterocycles. The molecule has 29 heavy (non-hydrogen) atoms. The van der Waals surface area contributed by atoms with E-state index in [-0.39, 0.29) is 11.4 Å². The Morgan fingerprint density at radius 3 is 2.48 bits per heavy atom. The lowest BCUT2D eigenvalue weighted by molar-refractivity contribution is -0.136. The lowest BCUT2D eigenvalue weighted by Gasteiger charge is -2.12. The normalized spacial score (nSPS) is 10.3. The van der Waals surface area contributed by atoms with Crippen LogP contribution in [0.25, 0.3) is 0 Å². The molecule has 0 aliphatic heterocycles. The summed E-state index contributed by atoms with van der Waals surface area (Å²) in [6.07, 6.45) is 0.600. The second-order valence-corrected chi connectivity index (χ2v) is 6.50. The van der Waals surface area contributed by atoms with Crippen molar-refractivity contribution in [3.63, 3.8) is 0 Å². The van der Waals surface area contributed by atoms with Gasteiger partial charge in [-0.15, -0.1) is 0 Å². The highest BCUT2D eigenvalue weighted by molar-refractivity contribution is 6.39. The highest BCUT2D eigenvalue weighted by Crippen LogP contribution is 2.30. The van der Waals surface area contributed by atoms with Crippen molar-refractivity contribution in [3.05, 3.63) is 89.7 Å². The average Bonchev–Trinajstić information content (AvgIpc) is 2.71. The van der Waals surface area contributed by atoms with E-state index in [0.717, 1.165) is 17.2 Å². The number of carbonyl (C=O) groups is 2. The number of hydrogen-bond acceptors (Lipinski definition) is 3. The van der Waals surface area contributed by atoms with Crippen LogP contribution in [-0.4, -0.2) is 18.4 Å². The van der Waals surface area contributed by atoms with Crippen LogP contribution in [0.2, 0.25) is 0 Å². The Balaban J connectivity index is 1.60. The van der Waals surface area contributed by atoms with E-state index < -0.39 is 17.6 Å². The van der Waals surface area contributed by atoms with Gasteiger partial charge in [0.15, 0.2) is 5.75 Å². The van der Waals surface area contributed by atoms with Gasteiger partial charge < -0.3 is 15.4 Å². The Kier molecular flexibility index (Phi) is 6.58. The number of halogens is 1. The Labute approximate surface area is 168 Å². The van der Waals surface area contributed by atoms with Crippen LogP contribution in [0, 0.1) is 12.7 Å². The Bertz CT molecular complexity index is 1010. The molecule has 0 heterocycles. The summed E-state index contributed by atoms with van der Waals surface area (Å²) in [6, 6.07) is 20.5. The molecule has 3 aromatic rings. The molecule has 0 saturated carbocycles. The lowest BCUT2D eigenvalue weighted by Crippen LogP contribution is -2.36. The summed E-state index contributed by atoms with van der Waals surface area (Å²) < 4.78 is 19.3. The van der Waals surface area contributed by atoms with Crippen LogP contribution in [0.1, 0.15) is 11.1 Å². The number of ether oxygens (including phenoxy) is 1. The minimum atomic E-state index is -0.891. The number of carbonyl (C=O) groups excluding carboxylic acids is 2. The van der Waals surface area contributed by atoms with Crippen LogP contribution in [0.15, 0.2) is 72.8 Å². The van der Waals surface area contributed by atoms with Gasteiger partial charge in [0.1, 0.15) is 11.6 Å². The fraction of sp³-hybridized carbons (Fsp3) is 0.130. The van der Waals surface area contributed by atoms with E-state index in [1.54, 1.807) is 24.3 Å². The number of aryl methyl sites for hydroxylation is 1. The number of benzene rings is 3. The molecule has 0 radical (unpaired) electrons. The maximum absolute atomic E-state index is 13.7. The standard InChI is InChI=1S/C23H21FN2O3/c1-16-6-5-7-17(14-16)12-13-25-22(27)23(28)26-20-15-18(24)10-11-21(20)29-19-8-3-2-4-9-19/h2-11,14-15H,12-13H2,1H3,(H,25,27)(H,26,28). The van der Waals surface area contributed by atoms with Gasteiger partial charge in [0.05, 0.1) is 5.69 Å². The van der Waals surface area contributed by atoms with Gasteiger partial charge in [0.2, 0.25) is 0 Å². The van der Waals surface area contributed by atoms with Crippen molar-refractivity contribution in [1.82, 2.24) is 5.32 Å². The first-order chi connectivity index (χ1) is 14.0. The van der Waals surface area contributed by atoms with Crippen LogP contribution >= 0.6 is 0 Å². The Hall–Kier alpha value is -3.67. The number of rotatable bonds is 6. The zero-order valence-electron chi connectivity index (χ0n) is 15.9. The topological polar surface area (TPSA) is 67.4 Å². The molecule has 0 unspecified atom stereocenters. The minimum Gasteiger partial charge on any atom is -0.455 e. The molecule has 0 aliphatic carbocycles. The number of nitrogens with one attached hydrogen (secondary N) is 2. The number of amides is 2. The van der Waals surface area contributed by atoms with E-state index in [2.05, 4.69) is 10.6 Å². The second-order valence-electron chi connectivity index (χ2n) is 6.50. The van der Waals surface area contributed by atoms with E-state index in [4.69, 9.17) is 4.74 Å². The first kappa shape index (κ1) is 20.1. The van der Waals surface area contributed by atoms with E-state index in [1.807, 2.05) is 37.3 Å². The molecule has 3 rings (SSSR count). The molecule has 0 aliphatic rings. The van der Waals surface area contributed by atoms with Crippen LogP contribution in [-0.2, 0) is 16.0 Å². The van der Waals surface area contributed by atoms with Gasteiger partial charge >= 0.3 is 11.8 Å². The van der Waals surface area contributed by atoms with Crippen LogP contribution in [0.5, 0.6) is 11.5 Å². The summed E-state index contributed by atoms with van der Waals surface area (Å²) in [5.74, 6) is -1.48. The summed E-state index contributed by atoms with van der Waals surface area (Å²) in [5.41, 5.74) is 2.27. The molecule has 2 amide bonds. The van der Waals surface area contributed by atoms with Crippen molar-refractivity contribution in [2.75, 3.05) is 11.9 Å². The summed E-state index contributed by atoms with van der Waals surface area (Å²) in [5, 5.41) is 4.98. The molecule has 2 N–H and O–H groups in total. The molecule has 148 valence electrons. The largest absolute Gasteiger partial charge is 0.455 e. The number of hydrogen-bond donors (Lipinski definition) is 2. The first-order valence-electron chi connectivity index (χ1n) is 9.18. The summed E-state index contributed by atoms with van der Waals surface area (Å²) in [4.78, 5) is 24.3. The van der Waals surface area contributed by atoms with Gasteiger partial charge in [-0.25, -0.2) is 4.39 Å². The van der Waals surface area contributed by atoms with E-state index in [0.29, 0.717) is 18.7 Å². The third kappa shape index (κ3) is 5.90. The zero-order valence-corrected chi connectivity index (χ0v) is 15.9. The maximum atomic E-state index is 13.7. The van der Waals surface area contributed by atoms with Crippen molar-refractivity contribution >= 4 is 17.5 Å². The Morgan fingerprint density at radius 2 is 1.72 bits per heavy atom. The summed E-state index contributed by atoms with van der Waals surface area (Å²) in [7, 11) is 0. The van der Waals surface area contributed by atoms with Crippen molar-refractivity contribution in [1.29, 1.82) is 0 Å². The van der Waals surface area contributed by atoms with E-state index in [1.165, 1.54) is 12.1 Å². The molecule has 0 fully saturated rings. The predicted octanol–water partition coefficient (Wildman–Crippen LogP) is 4.22. The van der Waals surface area contributed by atoms with E-state index >= 15 is 0 Å². The minimum absolute atomic E-state index is 0.0766. The predicted molar refractivity (Wildman–Crippen MR) is 109 cm³/mol. The molecule has 3 aromatic carbocycles. The molecule has 6 heteroatoms. The maximum Gasteiger partial charge on any atom is 0.313 e. The first-order valence-corrected chi connectivity index (χ1v) is 9.18. The Morgan fingerprint density at radius 1 is 0.931 bits per heavy atom. The molecular weight excluding hydrogens is 371 g/mol. The monoisotopic (exact) mass is 392 g/mol. The van der Waals surface area contributed by atoms with Gasteiger partial charge in [-0.1, -0.05) is 48.0 Å². The van der Waals surface area contributed by atoms with Crippen LogP contribution < -0.4 is 15.4 Å². The van der Waals surface area contributed by atoms with Crippen molar-refractivity contribution in [2.45, 2.75) is 13.3 Å². The SMILES string of the molecule is Cc1cccc(CCNC(=O)C(=O)Nc2cc(F)ccc2Oc2ccccc2)c1. The molecule has 0 aromatic heterocycles. The molecular formula is C23H21FN2O3. The van der Waals surface area contributed by atoms with E-state index in [9.17, 15) is 14.0 Å². The van der Waals surface area contributed by atoms with Gasteiger partial charge in [-0.05, 0) is 43.2 Å². The number of anilines is 1. The summed E-state index contributed by atoms with van der Waals surface area (Å²) in [6.45, 7) is 2.30. The average molecular weight is 392 g/mol. The smallest absolute Gasteiger partial charge is 0.313 e.